The Morgan fingerprint density at radius 1 is 1.58 bits per heavy atom. The van der Waals surface area contributed by atoms with Crippen molar-refractivity contribution in [2.45, 2.75) is 25.6 Å². The number of morpholine rings is 1. The van der Waals surface area contributed by atoms with Crippen molar-refractivity contribution in [2.75, 3.05) is 24.6 Å². The first-order valence-corrected chi connectivity index (χ1v) is 6.00. The monoisotopic (exact) mass is 267 g/mol. The van der Waals surface area contributed by atoms with Gasteiger partial charge in [-0.3, -0.25) is 4.98 Å². The fourth-order valence-corrected chi connectivity index (χ4v) is 2.18. The molecule has 7 nitrogen and oxygen atoms in total. The summed E-state index contributed by atoms with van der Waals surface area (Å²) in [5.74, 6) is -0.629. The third kappa shape index (κ3) is 3.18. The Morgan fingerprint density at radius 2 is 2.32 bits per heavy atom. The molecular weight excluding hydrogens is 250 g/mol. The van der Waals surface area contributed by atoms with E-state index in [4.69, 9.17) is 9.84 Å². The number of aliphatic hydroxyl groups is 1. The Bertz CT molecular complexity index is 478. The van der Waals surface area contributed by atoms with Crippen LogP contribution in [0.1, 0.15) is 24.3 Å². The van der Waals surface area contributed by atoms with Crippen LogP contribution in [-0.2, 0) is 4.74 Å². The summed E-state index contributed by atoms with van der Waals surface area (Å²) in [5.41, 5.74) is -0.533. The summed E-state index contributed by atoms with van der Waals surface area (Å²) in [6.07, 6.45) is 2.41. The number of aromatic nitrogens is 2. The average Bonchev–Trinajstić information content (AvgIpc) is 2.37. The molecule has 0 aromatic carbocycles. The summed E-state index contributed by atoms with van der Waals surface area (Å²) >= 11 is 0. The second kappa shape index (κ2) is 5.10. The maximum absolute atomic E-state index is 10.9. The van der Waals surface area contributed by atoms with E-state index in [1.807, 2.05) is 18.7 Å². The highest BCUT2D eigenvalue weighted by atomic mass is 16.5. The van der Waals surface area contributed by atoms with Crippen LogP contribution in [0, 0.1) is 0 Å². The molecule has 2 heterocycles. The highest BCUT2D eigenvalue weighted by Crippen LogP contribution is 2.24. The number of ether oxygens (including phenoxy) is 1. The Morgan fingerprint density at radius 3 is 2.95 bits per heavy atom. The lowest BCUT2D eigenvalue weighted by molar-refractivity contribution is -0.101. The van der Waals surface area contributed by atoms with Gasteiger partial charge in [0.2, 0.25) is 0 Å². The van der Waals surface area contributed by atoms with Crippen LogP contribution in [0.3, 0.4) is 0 Å². The third-order valence-electron chi connectivity index (χ3n) is 2.85. The van der Waals surface area contributed by atoms with Crippen molar-refractivity contribution in [3.05, 3.63) is 18.1 Å². The fourth-order valence-electron chi connectivity index (χ4n) is 2.18. The minimum Gasteiger partial charge on any atom is -0.476 e. The number of hydrogen-bond donors (Lipinski definition) is 2. The van der Waals surface area contributed by atoms with E-state index in [0.29, 0.717) is 18.9 Å². The largest absolute Gasteiger partial charge is 0.476 e. The average molecular weight is 267 g/mol. The van der Waals surface area contributed by atoms with Gasteiger partial charge < -0.3 is 19.8 Å². The molecule has 1 aliphatic rings. The molecule has 7 heteroatoms. The molecule has 104 valence electrons. The van der Waals surface area contributed by atoms with E-state index in [9.17, 15) is 9.90 Å². The van der Waals surface area contributed by atoms with E-state index < -0.39 is 11.6 Å². The van der Waals surface area contributed by atoms with Crippen molar-refractivity contribution in [1.82, 2.24) is 9.97 Å². The summed E-state index contributed by atoms with van der Waals surface area (Å²) in [5, 5.41) is 18.2. The molecule has 1 fully saturated rings. The van der Waals surface area contributed by atoms with Gasteiger partial charge in [-0.1, -0.05) is 0 Å². The normalized spacial score (nSPS) is 22.3. The van der Waals surface area contributed by atoms with Gasteiger partial charge in [0.1, 0.15) is 5.82 Å². The lowest BCUT2D eigenvalue weighted by Crippen LogP contribution is -2.54. The van der Waals surface area contributed by atoms with E-state index in [1.165, 1.54) is 12.4 Å². The van der Waals surface area contributed by atoms with Gasteiger partial charge in [0, 0.05) is 13.1 Å². The van der Waals surface area contributed by atoms with Gasteiger partial charge in [-0.15, -0.1) is 0 Å². The first kappa shape index (κ1) is 13.7. The number of anilines is 1. The maximum Gasteiger partial charge on any atom is 0.356 e. The number of aromatic carboxylic acids is 1. The van der Waals surface area contributed by atoms with Crippen molar-refractivity contribution in [1.29, 1.82) is 0 Å². The van der Waals surface area contributed by atoms with E-state index >= 15 is 0 Å². The van der Waals surface area contributed by atoms with Gasteiger partial charge >= 0.3 is 5.97 Å². The maximum atomic E-state index is 10.9. The molecule has 0 aliphatic carbocycles. The molecule has 1 unspecified atom stereocenters. The Balaban J connectivity index is 2.25. The van der Waals surface area contributed by atoms with Gasteiger partial charge in [0.05, 0.1) is 30.7 Å². The van der Waals surface area contributed by atoms with Gasteiger partial charge in [-0.25, -0.2) is 9.78 Å². The van der Waals surface area contributed by atoms with Crippen LogP contribution in [0.15, 0.2) is 12.4 Å². The van der Waals surface area contributed by atoms with Crippen LogP contribution >= 0.6 is 0 Å². The van der Waals surface area contributed by atoms with Gasteiger partial charge in [-0.05, 0) is 13.8 Å². The van der Waals surface area contributed by atoms with Gasteiger partial charge in [0.25, 0.3) is 0 Å². The topological polar surface area (TPSA) is 95.8 Å². The van der Waals surface area contributed by atoms with E-state index in [1.54, 1.807) is 0 Å². The predicted octanol–water partition coefficient (Wildman–Crippen LogP) is 0.151. The minimum atomic E-state index is -1.11. The van der Waals surface area contributed by atoms with Crippen LogP contribution in [0.2, 0.25) is 0 Å². The number of rotatable bonds is 3. The SMILES string of the molecule is CC1(C)CN(c2cncc(C(=O)O)n2)CC(CO)O1. The first-order valence-electron chi connectivity index (χ1n) is 6.00. The molecule has 1 aromatic heterocycles. The zero-order valence-electron chi connectivity index (χ0n) is 10.9. The molecule has 0 radical (unpaired) electrons. The summed E-state index contributed by atoms with van der Waals surface area (Å²) in [6, 6.07) is 0. The van der Waals surface area contributed by atoms with E-state index in [-0.39, 0.29) is 18.4 Å². The minimum absolute atomic E-state index is 0.0913. The Labute approximate surface area is 110 Å². The predicted molar refractivity (Wildman–Crippen MR) is 67.2 cm³/mol. The Hall–Kier alpha value is -1.73. The van der Waals surface area contributed by atoms with Crippen molar-refractivity contribution < 1.29 is 19.7 Å². The molecule has 1 saturated heterocycles. The van der Waals surface area contributed by atoms with Crippen molar-refractivity contribution >= 4 is 11.8 Å². The summed E-state index contributed by atoms with van der Waals surface area (Å²) in [7, 11) is 0. The highest BCUT2D eigenvalue weighted by molar-refractivity contribution is 5.85. The van der Waals surface area contributed by atoms with Crippen molar-refractivity contribution in [3.8, 4) is 0 Å². The third-order valence-corrected chi connectivity index (χ3v) is 2.85. The zero-order chi connectivity index (χ0) is 14.0. The molecule has 0 spiro atoms. The molecule has 0 amide bonds. The number of hydrogen-bond acceptors (Lipinski definition) is 6. The zero-order valence-corrected chi connectivity index (χ0v) is 10.9. The van der Waals surface area contributed by atoms with Crippen LogP contribution in [0.4, 0.5) is 5.82 Å². The molecule has 19 heavy (non-hydrogen) atoms. The van der Waals surface area contributed by atoms with E-state index in [0.717, 1.165) is 0 Å². The number of carboxylic acids is 1. The molecule has 2 N–H and O–H groups in total. The molecular formula is C12H17N3O4. The van der Waals surface area contributed by atoms with Crippen LogP contribution in [-0.4, -0.2) is 57.6 Å². The number of nitrogens with zero attached hydrogens (tertiary/aromatic N) is 3. The second-order valence-corrected chi connectivity index (χ2v) is 5.13. The number of carboxylic acid groups (broad SMARTS) is 1. The number of aliphatic hydroxyl groups excluding tert-OH is 1. The fraction of sp³-hybridized carbons (Fsp3) is 0.583. The van der Waals surface area contributed by atoms with Crippen LogP contribution in [0.25, 0.3) is 0 Å². The van der Waals surface area contributed by atoms with Crippen LogP contribution in [0.5, 0.6) is 0 Å². The summed E-state index contributed by atoms with van der Waals surface area (Å²) < 4.78 is 5.70. The molecule has 0 saturated carbocycles. The van der Waals surface area contributed by atoms with Crippen molar-refractivity contribution in [2.24, 2.45) is 0 Å². The lowest BCUT2D eigenvalue weighted by Gasteiger charge is -2.42. The number of carbonyl (C=O) groups is 1. The molecule has 2 rings (SSSR count). The van der Waals surface area contributed by atoms with Crippen LogP contribution < -0.4 is 4.90 Å². The first-order chi connectivity index (χ1) is 8.91. The lowest BCUT2D eigenvalue weighted by atomic mass is 10.1. The Kier molecular flexibility index (Phi) is 3.68. The highest BCUT2D eigenvalue weighted by Gasteiger charge is 2.33. The molecule has 0 bridgehead atoms. The molecule has 1 aromatic rings. The molecule has 1 atom stereocenters. The summed E-state index contributed by atoms with van der Waals surface area (Å²) in [4.78, 5) is 20.7. The quantitative estimate of drug-likeness (QED) is 0.804. The van der Waals surface area contributed by atoms with Gasteiger partial charge in [-0.2, -0.15) is 0 Å². The smallest absolute Gasteiger partial charge is 0.356 e. The van der Waals surface area contributed by atoms with Crippen molar-refractivity contribution in [3.63, 3.8) is 0 Å². The second-order valence-electron chi connectivity index (χ2n) is 5.13. The standard InChI is InChI=1S/C12H17N3O4/c1-12(2)7-15(5-8(6-16)19-12)10-4-13-3-9(14-10)11(17)18/h3-4,8,16H,5-7H2,1-2H3,(H,17,18). The van der Waals surface area contributed by atoms with E-state index in [2.05, 4.69) is 9.97 Å². The summed E-state index contributed by atoms with van der Waals surface area (Å²) in [6.45, 7) is 4.75. The van der Waals surface area contributed by atoms with Gasteiger partial charge in [0.15, 0.2) is 5.69 Å². The molecule has 1 aliphatic heterocycles.